The van der Waals surface area contributed by atoms with Crippen LogP contribution in [0.25, 0.3) is 0 Å². The van der Waals surface area contributed by atoms with Crippen molar-refractivity contribution >= 4 is 58.3 Å². The van der Waals surface area contributed by atoms with Gasteiger partial charge < -0.3 is 30.9 Å². The number of nitro benzene ring substituents is 1. The van der Waals surface area contributed by atoms with Crippen LogP contribution in [0.5, 0.6) is 5.75 Å². The number of hydrogen-bond acceptors (Lipinski definition) is 10. The van der Waals surface area contributed by atoms with Crippen molar-refractivity contribution in [1.29, 1.82) is 0 Å². The van der Waals surface area contributed by atoms with Gasteiger partial charge in [-0.25, -0.2) is 19.2 Å². The maximum absolute atomic E-state index is 13.0. The number of carbonyl (C=O) groups is 6. The van der Waals surface area contributed by atoms with Crippen LogP contribution < -0.4 is 26.0 Å². The molecule has 0 radical (unpaired) electrons. The van der Waals surface area contributed by atoms with E-state index in [0.717, 1.165) is 35.3 Å². The Kier molecular flexibility index (Phi) is 17.7. The molecule has 0 unspecified atom stereocenters. The van der Waals surface area contributed by atoms with Crippen LogP contribution in [0, 0.1) is 41.7 Å². The van der Waals surface area contributed by atoms with Crippen LogP contribution in [0.1, 0.15) is 53.5 Å². The summed E-state index contributed by atoms with van der Waals surface area (Å²) >= 11 is 4.92. The monoisotopic (exact) mass is 978 g/mol. The number of imide groups is 2. The summed E-state index contributed by atoms with van der Waals surface area (Å²) in [7, 11) is 0. The first-order valence-electron chi connectivity index (χ1n) is 22.5. The summed E-state index contributed by atoms with van der Waals surface area (Å²) in [5.74, 6) is 4.96. The number of urea groups is 3. The van der Waals surface area contributed by atoms with Crippen molar-refractivity contribution in [3.05, 3.63) is 171 Å². The van der Waals surface area contributed by atoms with Crippen LogP contribution in [0.3, 0.4) is 0 Å². The molecular formula is C53H51ClN8O9. The van der Waals surface area contributed by atoms with Crippen molar-refractivity contribution in [3.8, 4) is 30.4 Å². The van der Waals surface area contributed by atoms with Gasteiger partial charge in [-0.15, -0.1) is 12.8 Å². The highest BCUT2D eigenvalue weighted by Crippen LogP contribution is 2.31. The van der Waals surface area contributed by atoms with E-state index in [1.807, 2.05) is 91.9 Å². The van der Waals surface area contributed by atoms with Crippen molar-refractivity contribution < 1.29 is 38.4 Å². The van der Waals surface area contributed by atoms with Crippen molar-refractivity contribution in [2.45, 2.75) is 56.8 Å². The maximum atomic E-state index is 13.0. The average molecular weight is 979 g/mol. The van der Waals surface area contributed by atoms with Crippen LogP contribution in [0.4, 0.5) is 30.6 Å². The molecular weight excluding hydrogens is 928 g/mol. The van der Waals surface area contributed by atoms with Gasteiger partial charge >= 0.3 is 23.5 Å². The molecule has 2 spiro atoms. The fraction of sp³-hybridized carbons (Fsp3) is 0.245. The molecule has 5 aromatic carbocycles. The lowest BCUT2D eigenvalue weighted by Gasteiger charge is -2.37. The Morgan fingerprint density at radius 1 is 0.690 bits per heavy atom. The fourth-order valence-electron chi connectivity index (χ4n) is 8.03. The first-order valence-corrected chi connectivity index (χ1v) is 22.9. The van der Waals surface area contributed by atoms with E-state index in [-0.39, 0.29) is 47.9 Å². The molecule has 71 heavy (non-hydrogen) atoms. The number of nitrogens with one attached hydrogen (secondary N) is 4. The second kappa shape index (κ2) is 24.2. The minimum Gasteiger partial charge on any atom is -0.414 e. The number of anilines is 1. The SMILES string of the molecule is C#Cc1ccc(C)cc1.C#Cc1ccc(NC(=O)N2CCC3(CC2)NC(=O)N(Cc2ccccc2)C3=O)cc1.O=C(Cl)Oc1ccc([N+](=O)[O-])cc1.O=C1NC2(CCNCC2)C(=O)N1Cc1ccccc1. The van der Waals surface area contributed by atoms with Crippen molar-refractivity contribution in [3.63, 3.8) is 0 Å². The third kappa shape index (κ3) is 13.8. The van der Waals surface area contributed by atoms with Crippen LogP contribution in [0.2, 0.25) is 0 Å². The number of nitro groups is 1. The summed E-state index contributed by atoms with van der Waals surface area (Å²) in [6.07, 6.45) is 12.6. The summed E-state index contributed by atoms with van der Waals surface area (Å²) < 4.78 is 4.45. The third-order valence-corrected chi connectivity index (χ3v) is 12.1. The molecule has 17 nitrogen and oxygen atoms in total. The molecule has 0 saturated carbocycles. The Balaban J connectivity index is 0.000000171. The van der Waals surface area contributed by atoms with Gasteiger partial charge in [0.2, 0.25) is 0 Å². The van der Waals surface area contributed by atoms with Crippen molar-refractivity contribution in [2.24, 2.45) is 0 Å². The maximum Gasteiger partial charge on any atom is 0.409 e. The molecule has 4 aliphatic rings. The van der Waals surface area contributed by atoms with Gasteiger partial charge in [-0.2, -0.15) is 0 Å². The molecule has 9 rings (SSSR count). The number of amides is 8. The zero-order valence-electron chi connectivity index (χ0n) is 38.8. The molecule has 0 aromatic heterocycles. The summed E-state index contributed by atoms with van der Waals surface area (Å²) in [5.41, 5.74) is 2.79. The van der Waals surface area contributed by atoms with E-state index in [9.17, 15) is 38.9 Å². The number of piperidine rings is 2. The molecule has 0 aliphatic carbocycles. The molecule has 0 atom stereocenters. The van der Waals surface area contributed by atoms with Crippen molar-refractivity contribution in [1.82, 2.24) is 30.7 Å². The van der Waals surface area contributed by atoms with Gasteiger partial charge in [0.1, 0.15) is 16.8 Å². The number of non-ortho nitro benzene ring substituents is 1. The molecule has 4 aliphatic heterocycles. The lowest BCUT2D eigenvalue weighted by molar-refractivity contribution is -0.384. The highest BCUT2D eigenvalue weighted by atomic mass is 35.5. The Morgan fingerprint density at radius 3 is 1.58 bits per heavy atom. The van der Waals surface area contributed by atoms with Gasteiger partial charge in [0.15, 0.2) is 0 Å². The Hall–Kier alpha value is -8.51. The van der Waals surface area contributed by atoms with Crippen LogP contribution >= 0.6 is 11.6 Å². The first kappa shape index (κ1) is 51.9. The summed E-state index contributed by atoms with van der Waals surface area (Å²) in [4.78, 5) is 86.8. The van der Waals surface area contributed by atoms with E-state index in [4.69, 9.17) is 24.4 Å². The third-order valence-electron chi connectivity index (χ3n) is 12.0. The summed E-state index contributed by atoms with van der Waals surface area (Å²) in [6, 6.07) is 38.0. The number of benzene rings is 5. The molecule has 0 bridgehead atoms. The number of carbonyl (C=O) groups excluding carboxylic acids is 6. The second-order valence-electron chi connectivity index (χ2n) is 16.8. The number of nitrogens with zero attached hydrogens (tertiary/aromatic N) is 4. The van der Waals surface area contributed by atoms with Gasteiger partial charge in [-0.1, -0.05) is 90.2 Å². The van der Waals surface area contributed by atoms with E-state index >= 15 is 0 Å². The number of aryl methyl sites for hydroxylation is 1. The highest BCUT2D eigenvalue weighted by Gasteiger charge is 2.53. The summed E-state index contributed by atoms with van der Waals surface area (Å²) in [6.45, 7) is 4.92. The number of likely N-dealkylation sites (tertiary alicyclic amines) is 1. The average Bonchev–Trinajstić information content (AvgIpc) is 3.74. The molecule has 8 amide bonds. The lowest BCUT2D eigenvalue weighted by atomic mass is 9.87. The minimum absolute atomic E-state index is 0.0747. The number of terminal acetylenes is 2. The van der Waals surface area contributed by atoms with Gasteiger partial charge in [0.25, 0.3) is 17.5 Å². The van der Waals surface area contributed by atoms with E-state index in [1.165, 1.54) is 39.6 Å². The highest BCUT2D eigenvalue weighted by molar-refractivity contribution is 6.61. The van der Waals surface area contributed by atoms with Crippen molar-refractivity contribution in [2.75, 3.05) is 31.5 Å². The standard InChI is InChI=1S/C23H22N4O3.C14H17N3O2.C9H8.C7H4ClNO4/c1-2-17-8-10-19(11-9-17)24-21(29)26-14-12-23(13-15-26)20(28)27(22(30)25-23)16-18-6-4-3-5-7-18;18-12-14(6-8-15-9-7-14)16-13(19)17(12)10-11-4-2-1-3-5-11;1-3-9-6-4-8(2)5-7-9;8-7(10)13-6-3-1-5(2-4-6)9(11)12/h1,3-11H,12-16H2,(H,24,29)(H,25,30);1-5,15H,6-10H2,(H,16,19);1,4-7H,2H3;1-4H. The molecule has 364 valence electrons. The van der Waals surface area contributed by atoms with E-state index in [2.05, 4.69) is 37.8 Å². The second-order valence-corrected chi connectivity index (χ2v) is 17.1. The zero-order chi connectivity index (χ0) is 51.0. The normalized spacial score (nSPS) is 16.0. The molecule has 4 heterocycles. The number of halogens is 1. The predicted molar refractivity (Wildman–Crippen MR) is 267 cm³/mol. The van der Waals surface area contributed by atoms with Crippen LogP contribution in [-0.4, -0.2) is 92.2 Å². The number of ether oxygens (including phenoxy) is 1. The Labute approximate surface area is 416 Å². The van der Waals surface area contributed by atoms with E-state index < -0.39 is 21.4 Å². The van der Waals surface area contributed by atoms with Gasteiger partial charge in [0, 0.05) is 53.6 Å². The number of hydrogen-bond donors (Lipinski definition) is 4. The molecule has 18 heteroatoms. The first-order chi connectivity index (χ1) is 34.1. The minimum atomic E-state index is -0.978. The van der Waals surface area contributed by atoms with Crippen LogP contribution in [-0.2, 0) is 22.7 Å². The fourth-order valence-corrected chi connectivity index (χ4v) is 8.11. The Bertz CT molecular complexity index is 2780. The van der Waals surface area contributed by atoms with E-state index in [0.29, 0.717) is 51.0 Å². The van der Waals surface area contributed by atoms with Gasteiger partial charge in [-0.3, -0.25) is 29.5 Å². The molecule has 4 N–H and O–H groups in total. The summed E-state index contributed by atoms with van der Waals surface area (Å²) in [5, 5.41) is 22.0. The van der Waals surface area contributed by atoms with E-state index in [1.54, 1.807) is 29.2 Å². The molecule has 4 saturated heterocycles. The number of rotatable bonds is 7. The smallest absolute Gasteiger partial charge is 0.409 e. The zero-order valence-corrected chi connectivity index (χ0v) is 39.5. The quantitative estimate of drug-likeness (QED) is 0.0406. The molecule has 5 aromatic rings. The topological polar surface area (TPSA) is 213 Å². The van der Waals surface area contributed by atoms with Crippen LogP contribution in [0.15, 0.2) is 133 Å². The predicted octanol–water partition coefficient (Wildman–Crippen LogP) is 7.96. The Morgan fingerprint density at radius 2 is 1.14 bits per heavy atom. The lowest BCUT2D eigenvalue weighted by Crippen LogP contribution is -2.56. The van der Waals surface area contributed by atoms with Gasteiger partial charge in [0.05, 0.1) is 18.0 Å². The largest absolute Gasteiger partial charge is 0.414 e. The molecule has 4 fully saturated rings. The van der Waals surface area contributed by atoms with Gasteiger partial charge in [-0.05, 0) is 105 Å².